The summed E-state index contributed by atoms with van der Waals surface area (Å²) in [6.07, 6.45) is 0. The molecule has 0 aliphatic heterocycles. The van der Waals surface area contributed by atoms with Crippen LogP contribution in [0.2, 0.25) is 0 Å². The molecule has 0 bridgehead atoms. The molecule has 0 aliphatic rings. The molecular weight excluding hydrogens is 331 g/mol. The maximum absolute atomic E-state index is 13.3. The minimum absolute atomic E-state index is 0.351. The summed E-state index contributed by atoms with van der Waals surface area (Å²) in [5, 5.41) is 4.82. The predicted octanol–water partition coefficient (Wildman–Crippen LogP) is 3.60. The van der Waals surface area contributed by atoms with Crippen molar-refractivity contribution in [2.45, 2.75) is 13.0 Å². The van der Waals surface area contributed by atoms with Gasteiger partial charge in [0.25, 0.3) is 0 Å². The topological polar surface area (TPSA) is 55.1 Å². The molecule has 2 rings (SSSR count). The minimum atomic E-state index is -0.685. The van der Waals surface area contributed by atoms with Crippen molar-refractivity contribution in [2.24, 2.45) is 5.73 Å². The lowest BCUT2D eigenvalue weighted by Crippen LogP contribution is -2.27. The summed E-state index contributed by atoms with van der Waals surface area (Å²) < 4.78 is 14.1. The van der Waals surface area contributed by atoms with Gasteiger partial charge >= 0.3 is 0 Å². The Morgan fingerprint density at radius 1 is 1.47 bits per heavy atom. The average Bonchev–Trinajstić information content (AvgIpc) is 2.70. The van der Waals surface area contributed by atoms with Gasteiger partial charge in [0.2, 0.25) is 5.91 Å². The first-order chi connectivity index (χ1) is 8.97. The Bertz CT molecular complexity index is 594. The lowest BCUT2D eigenvalue weighted by Gasteiger charge is -2.16. The largest absolute Gasteiger partial charge is 0.369 e. The molecule has 0 saturated carbocycles. The van der Waals surface area contributed by atoms with Crippen molar-refractivity contribution in [1.29, 1.82) is 0 Å². The van der Waals surface area contributed by atoms with E-state index >= 15 is 0 Å². The first-order valence-corrected chi connectivity index (χ1v) is 7.20. The molecule has 0 fully saturated rings. The van der Waals surface area contributed by atoms with Crippen LogP contribution in [-0.2, 0) is 4.79 Å². The molecule has 1 amide bonds. The molecule has 0 saturated heterocycles. The fourth-order valence-corrected chi connectivity index (χ4v) is 3.42. The van der Waals surface area contributed by atoms with Crippen molar-refractivity contribution in [3.8, 4) is 0 Å². The molecule has 19 heavy (non-hydrogen) atoms. The number of anilines is 1. The van der Waals surface area contributed by atoms with E-state index in [0.717, 1.165) is 14.9 Å². The number of hydrogen-bond acceptors (Lipinski definition) is 3. The number of nitrogens with two attached hydrogens (primary N) is 1. The monoisotopic (exact) mass is 342 g/mol. The van der Waals surface area contributed by atoms with Crippen LogP contribution in [0.5, 0.6) is 0 Å². The second kappa shape index (κ2) is 5.71. The second-order valence-corrected chi connectivity index (χ2v) is 5.93. The molecule has 100 valence electrons. The zero-order valence-corrected chi connectivity index (χ0v) is 12.5. The van der Waals surface area contributed by atoms with E-state index in [0.29, 0.717) is 5.69 Å². The zero-order chi connectivity index (χ0) is 14.0. The van der Waals surface area contributed by atoms with Gasteiger partial charge in [-0.25, -0.2) is 4.39 Å². The summed E-state index contributed by atoms with van der Waals surface area (Å²) >= 11 is 4.78. The Hall–Kier alpha value is -1.40. The Balaban J connectivity index is 2.32. The van der Waals surface area contributed by atoms with Crippen LogP contribution in [0, 0.1) is 12.7 Å². The molecule has 1 unspecified atom stereocenters. The van der Waals surface area contributed by atoms with E-state index in [9.17, 15) is 9.18 Å². The number of amides is 1. The van der Waals surface area contributed by atoms with Gasteiger partial charge in [0.1, 0.15) is 11.9 Å². The van der Waals surface area contributed by atoms with E-state index < -0.39 is 11.9 Å². The summed E-state index contributed by atoms with van der Waals surface area (Å²) in [6, 6.07) is 5.68. The third kappa shape index (κ3) is 3.33. The van der Waals surface area contributed by atoms with Gasteiger partial charge in [-0.3, -0.25) is 4.79 Å². The quantitative estimate of drug-likeness (QED) is 0.891. The summed E-state index contributed by atoms with van der Waals surface area (Å²) in [4.78, 5) is 12.3. The van der Waals surface area contributed by atoms with Gasteiger partial charge in [-0.05, 0) is 58.1 Å². The molecule has 1 heterocycles. The maximum atomic E-state index is 13.3. The van der Waals surface area contributed by atoms with Crippen molar-refractivity contribution in [2.75, 3.05) is 5.32 Å². The molecule has 0 spiro atoms. The van der Waals surface area contributed by atoms with Crippen LogP contribution in [0.15, 0.2) is 34.1 Å². The van der Waals surface area contributed by atoms with Crippen molar-refractivity contribution in [1.82, 2.24) is 0 Å². The van der Waals surface area contributed by atoms with E-state index in [4.69, 9.17) is 5.73 Å². The van der Waals surface area contributed by atoms with E-state index in [1.165, 1.54) is 23.5 Å². The number of benzene rings is 1. The number of aryl methyl sites for hydroxylation is 1. The first-order valence-electron chi connectivity index (χ1n) is 5.53. The summed E-state index contributed by atoms with van der Waals surface area (Å²) in [5.74, 6) is -0.860. The predicted molar refractivity (Wildman–Crippen MR) is 78.7 cm³/mol. The number of rotatable bonds is 4. The van der Waals surface area contributed by atoms with Gasteiger partial charge in [0.05, 0.1) is 4.88 Å². The Morgan fingerprint density at radius 3 is 2.74 bits per heavy atom. The molecule has 0 aliphatic carbocycles. The van der Waals surface area contributed by atoms with Crippen LogP contribution in [0.1, 0.15) is 16.5 Å². The lowest BCUT2D eigenvalue weighted by molar-refractivity contribution is -0.118. The number of hydrogen-bond donors (Lipinski definition) is 2. The molecule has 1 aromatic heterocycles. The summed E-state index contributed by atoms with van der Waals surface area (Å²) in [6.45, 7) is 1.79. The van der Waals surface area contributed by atoms with Gasteiger partial charge < -0.3 is 11.1 Å². The fourth-order valence-electron chi connectivity index (χ4n) is 1.76. The van der Waals surface area contributed by atoms with Crippen molar-refractivity contribution in [3.05, 3.63) is 50.4 Å². The van der Waals surface area contributed by atoms with E-state index in [-0.39, 0.29) is 5.82 Å². The SMILES string of the molecule is Cc1cc(F)cc(NC(C(N)=O)c2sccc2Br)c1. The Morgan fingerprint density at radius 2 is 2.21 bits per heavy atom. The van der Waals surface area contributed by atoms with Crippen LogP contribution < -0.4 is 11.1 Å². The molecule has 1 atom stereocenters. The third-order valence-electron chi connectivity index (χ3n) is 2.54. The van der Waals surface area contributed by atoms with Gasteiger partial charge in [0.15, 0.2) is 0 Å². The molecule has 3 N–H and O–H groups in total. The summed E-state index contributed by atoms with van der Waals surface area (Å²) in [5.41, 5.74) is 6.71. The molecule has 1 aromatic carbocycles. The van der Waals surface area contributed by atoms with Gasteiger partial charge in [-0.1, -0.05) is 0 Å². The summed E-state index contributed by atoms with van der Waals surface area (Å²) in [7, 11) is 0. The second-order valence-electron chi connectivity index (χ2n) is 4.13. The fraction of sp³-hybridized carbons (Fsp3) is 0.154. The molecule has 6 heteroatoms. The highest BCUT2D eigenvalue weighted by Crippen LogP contribution is 2.31. The average molecular weight is 343 g/mol. The number of nitrogens with one attached hydrogen (secondary N) is 1. The minimum Gasteiger partial charge on any atom is -0.369 e. The number of halogens is 2. The number of primary amides is 1. The lowest BCUT2D eigenvalue weighted by atomic mass is 10.1. The van der Waals surface area contributed by atoms with Crippen LogP contribution in [-0.4, -0.2) is 5.91 Å². The highest BCUT2D eigenvalue weighted by atomic mass is 79.9. The van der Waals surface area contributed by atoms with Crippen LogP contribution in [0.4, 0.5) is 10.1 Å². The van der Waals surface area contributed by atoms with E-state index in [1.807, 2.05) is 11.4 Å². The molecule has 2 aromatic rings. The van der Waals surface area contributed by atoms with Crippen LogP contribution in [0.25, 0.3) is 0 Å². The van der Waals surface area contributed by atoms with E-state index in [2.05, 4.69) is 21.2 Å². The Labute approximate surface area is 122 Å². The third-order valence-corrected chi connectivity index (χ3v) is 4.48. The number of carbonyl (C=O) groups excluding carboxylic acids is 1. The number of thiophene rings is 1. The van der Waals surface area contributed by atoms with Crippen molar-refractivity contribution in [3.63, 3.8) is 0 Å². The highest BCUT2D eigenvalue weighted by Gasteiger charge is 2.21. The van der Waals surface area contributed by atoms with Crippen LogP contribution >= 0.6 is 27.3 Å². The molecule has 0 radical (unpaired) electrons. The van der Waals surface area contributed by atoms with Gasteiger partial charge in [-0.2, -0.15) is 0 Å². The van der Waals surface area contributed by atoms with E-state index in [1.54, 1.807) is 13.0 Å². The normalized spacial score (nSPS) is 12.2. The van der Waals surface area contributed by atoms with Gasteiger partial charge in [-0.15, -0.1) is 11.3 Å². The van der Waals surface area contributed by atoms with Crippen molar-refractivity contribution < 1.29 is 9.18 Å². The standard InChI is InChI=1S/C13H12BrFN2OS/c1-7-4-8(15)6-9(5-7)17-11(13(16)18)12-10(14)2-3-19-12/h2-6,11,17H,1H3,(H2,16,18). The first kappa shape index (κ1) is 14.0. The zero-order valence-electron chi connectivity index (χ0n) is 10.1. The Kier molecular flexibility index (Phi) is 4.21. The van der Waals surface area contributed by atoms with Gasteiger partial charge in [0, 0.05) is 10.2 Å². The maximum Gasteiger partial charge on any atom is 0.245 e. The molecular formula is C13H12BrFN2OS. The highest BCUT2D eigenvalue weighted by molar-refractivity contribution is 9.10. The molecule has 3 nitrogen and oxygen atoms in total. The van der Waals surface area contributed by atoms with Crippen LogP contribution in [0.3, 0.4) is 0 Å². The smallest absolute Gasteiger partial charge is 0.245 e. The van der Waals surface area contributed by atoms with Crippen molar-refractivity contribution >= 4 is 38.9 Å². The number of carbonyl (C=O) groups is 1.